The van der Waals surface area contributed by atoms with E-state index in [4.69, 9.17) is 17.3 Å². The van der Waals surface area contributed by atoms with E-state index in [1.807, 2.05) is 0 Å². The molecule has 9 heteroatoms. The first-order valence-corrected chi connectivity index (χ1v) is 4.35. The molecule has 1 heterocycles. The van der Waals surface area contributed by atoms with Gasteiger partial charge in [0.05, 0.1) is 5.02 Å². The molecule has 0 aliphatic heterocycles. The number of hydrogen-bond acceptors (Lipinski definition) is 2. The van der Waals surface area contributed by atoms with Crippen molar-refractivity contribution < 1.29 is 22.0 Å². The van der Waals surface area contributed by atoms with Crippen LogP contribution in [0.1, 0.15) is 11.6 Å². The Morgan fingerprint density at radius 3 is 2.18 bits per heavy atom. The summed E-state index contributed by atoms with van der Waals surface area (Å²) >= 11 is 5.43. The van der Waals surface area contributed by atoms with Gasteiger partial charge in [0.2, 0.25) is 0 Å². The molecule has 0 bridgehead atoms. The standard InChI is InChI=1S/C8H6ClF5N2.ClH/c9-5-3-16-2-1-4(5)6(15)7(10,11)8(12,13)14;/h1-3,6H,15H2;1H/t6-;/m0./s1. The van der Waals surface area contributed by atoms with Crippen LogP contribution < -0.4 is 5.73 Å². The van der Waals surface area contributed by atoms with Crippen molar-refractivity contribution in [3.63, 3.8) is 0 Å². The second-order valence-corrected chi connectivity index (χ2v) is 3.40. The molecule has 1 aromatic rings. The molecule has 2 nitrogen and oxygen atoms in total. The summed E-state index contributed by atoms with van der Waals surface area (Å²) < 4.78 is 61.8. The van der Waals surface area contributed by atoms with Crippen LogP contribution in [-0.4, -0.2) is 17.1 Å². The third kappa shape index (κ3) is 3.17. The number of aromatic nitrogens is 1. The fourth-order valence-electron chi connectivity index (χ4n) is 1.01. The fourth-order valence-corrected chi connectivity index (χ4v) is 1.25. The Hall–Kier alpha value is -0.660. The number of rotatable bonds is 2. The summed E-state index contributed by atoms with van der Waals surface area (Å²) in [4.78, 5) is 3.46. The third-order valence-electron chi connectivity index (χ3n) is 1.91. The van der Waals surface area contributed by atoms with E-state index < -0.39 is 23.7 Å². The molecule has 2 N–H and O–H groups in total. The SMILES string of the molecule is Cl.N[C@@H](c1ccncc1Cl)C(F)(F)C(F)(F)F. The quantitative estimate of drug-likeness (QED) is 0.850. The molecule has 0 spiro atoms. The molecule has 0 saturated carbocycles. The van der Waals surface area contributed by atoms with Crippen LogP contribution in [0.25, 0.3) is 0 Å². The summed E-state index contributed by atoms with van der Waals surface area (Å²) in [5.74, 6) is -5.04. The first-order chi connectivity index (χ1) is 7.18. The van der Waals surface area contributed by atoms with Gasteiger partial charge in [0, 0.05) is 12.4 Å². The molecule has 0 saturated heterocycles. The summed E-state index contributed by atoms with van der Waals surface area (Å²) in [5.41, 5.74) is 4.38. The van der Waals surface area contributed by atoms with Crippen molar-refractivity contribution in [3.8, 4) is 0 Å². The maximum Gasteiger partial charge on any atom is 0.455 e. The highest BCUT2D eigenvalue weighted by Crippen LogP contribution is 2.44. The van der Waals surface area contributed by atoms with Gasteiger partial charge in [-0.25, -0.2) is 0 Å². The minimum absolute atomic E-state index is 0. The average molecular weight is 297 g/mol. The third-order valence-corrected chi connectivity index (χ3v) is 2.22. The number of hydrogen-bond donors (Lipinski definition) is 1. The Bertz CT molecular complexity index is 382. The van der Waals surface area contributed by atoms with E-state index in [0.29, 0.717) is 0 Å². The van der Waals surface area contributed by atoms with Gasteiger partial charge in [-0.2, -0.15) is 22.0 Å². The number of nitrogens with zero attached hydrogens (tertiary/aromatic N) is 1. The van der Waals surface area contributed by atoms with E-state index in [2.05, 4.69) is 4.98 Å². The van der Waals surface area contributed by atoms with Crippen LogP contribution in [-0.2, 0) is 0 Å². The lowest BCUT2D eigenvalue weighted by Gasteiger charge is -2.26. The average Bonchev–Trinajstić information content (AvgIpc) is 2.15. The Kier molecular flexibility index (Phi) is 5.12. The van der Waals surface area contributed by atoms with Crippen molar-refractivity contribution in [2.45, 2.75) is 18.1 Å². The van der Waals surface area contributed by atoms with Crippen LogP contribution >= 0.6 is 24.0 Å². The number of alkyl halides is 5. The van der Waals surface area contributed by atoms with Crippen LogP contribution in [0.5, 0.6) is 0 Å². The van der Waals surface area contributed by atoms with E-state index in [9.17, 15) is 22.0 Å². The number of nitrogens with two attached hydrogens (primary N) is 1. The van der Waals surface area contributed by atoms with Gasteiger partial charge in [-0.3, -0.25) is 4.98 Å². The smallest absolute Gasteiger partial charge is 0.319 e. The normalized spacial score (nSPS) is 14.1. The first-order valence-electron chi connectivity index (χ1n) is 3.97. The van der Waals surface area contributed by atoms with E-state index in [1.165, 1.54) is 0 Å². The largest absolute Gasteiger partial charge is 0.455 e. The molecule has 0 unspecified atom stereocenters. The van der Waals surface area contributed by atoms with E-state index >= 15 is 0 Å². The zero-order valence-corrected chi connectivity index (χ0v) is 9.58. The molecule has 0 aliphatic rings. The van der Waals surface area contributed by atoms with Gasteiger partial charge in [-0.15, -0.1) is 12.4 Å². The van der Waals surface area contributed by atoms with Gasteiger partial charge in [0.25, 0.3) is 0 Å². The van der Waals surface area contributed by atoms with Crippen LogP contribution in [0.2, 0.25) is 5.02 Å². The monoisotopic (exact) mass is 296 g/mol. The van der Waals surface area contributed by atoms with E-state index in [0.717, 1.165) is 18.5 Å². The van der Waals surface area contributed by atoms with Crippen molar-refractivity contribution in [1.82, 2.24) is 4.98 Å². The second-order valence-electron chi connectivity index (χ2n) is 3.00. The van der Waals surface area contributed by atoms with Gasteiger partial charge in [0.1, 0.15) is 6.04 Å². The fraction of sp³-hybridized carbons (Fsp3) is 0.375. The van der Waals surface area contributed by atoms with Crippen molar-refractivity contribution >= 4 is 24.0 Å². The number of halogens is 7. The predicted molar refractivity (Wildman–Crippen MR) is 54.4 cm³/mol. The van der Waals surface area contributed by atoms with Crippen molar-refractivity contribution in [1.29, 1.82) is 0 Å². The summed E-state index contributed by atoms with van der Waals surface area (Å²) in [5, 5.41) is -0.334. The maximum absolute atomic E-state index is 12.9. The van der Waals surface area contributed by atoms with Crippen LogP contribution in [0.15, 0.2) is 18.5 Å². The van der Waals surface area contributed by atoms with Gasteiger partial charge in [-0.05, 0) is 11.6 Å². The van der Waals surface area contributed by atoms with Gasteiger partial charge in [-0.1, -0.05) is 11.6 Å². The molecular weight excluding hydrogens is 290 g/mol. The molecule has 0 aromatic carbocycles. The first kappa shape index (κ1) is 16.3. The molecule has 1 aromatic heterocycles. The highest BCUT2D eigenvalue weighted by Gasteiger charge is 2.62. The van der Waals surface area contributed by atoms with Crippen molar-refractivity contribution in [2.75, 3.05) is 0 Å². The Morgan fingerprint density at radius 2 is 1.76 bits per heavy atom. The highest BCUT2D eigenvalue weighted by atomic mass is 35.5. The van der Waals surface area contributed by atoms with E-state index in [-0.39, 0.29) is 17.4 Å². The lowest BCUT2D eigenvalue weighted by Crippen LogP contribution is -2.45. The minimum atomic E-state index is -5.72. The number of pyridine rings is 1. The lowest BCUT2D eigenvalue weighted by molar-refractivity contribution is -0.290. The summed E-state index contributed by atoms with van der Waals surface area (Å²) in [6.07, 6.45) is -3.74. The van der Waals surface area contributed by atoms with Crippen LogP contribution in [0, 0.1) is 0 Å². The Balaban J connectivity index is 0.00000256. The summed E-state index contributed by atoms with van der Waals surface area (Å²) in [6, 6.07) is -1.63. The van der Waals surface area contributed by atoms with Crippen molar-refractivity contribution in [2.24, 2.45) is 5.73 Å². The van der Waals surface area contributed by atoms with Gasteiger partial charge < -0.3 is 5.73 Å². The van der Waals surface area contributed by atoms with E-state index in [1.54, 1.807) is 0 Å². The molecule has 0 radical (unpaired) electrons. The topological polar surface area (TPSA) is 38.9 Å². The predicted octanol–water partition coefficient (Wildman–Crippen LogP) is 3.35. The van der Waals surface area contributed by atoms with Crippen LogP contribution in [0.4, 0.5) is 22.0 Å². The molecule has 1 atom stereocenters. The maximum atomic E-state index is 12.9. The molecule has 17 heavy (non-hydrogen) atoms. The Morgan fingerprint density at radius 1 is 1.24 bits per heavy atom. The Labute approximate surface area is 104 Å². The highest BCUT2D eigenvalue weighted by molar-refractivity contribution is 6.31. The zero-order valence-electron chi connectivity index (χ0n) is 8.01. The van der Waals surface area contributed by atoms with Crippen LogP contribution in [0.3, 0.4) is 0 Å². The molecule has 0 fully saturated rings. The second kappa shape index (κ2) is 5.32. The zero-order chi connectivity index (χ0) is 12.6. The molecule has 0 amide bonds. The molecular formula is C8H7Cl2F5N2. The molecule has 98 valence electrons. The van der Waals surface area contributed by atoms with Gasteiger partial charge >= 0.3 is 12.1 Å². The molecule has 0 aliphatic carbocycles. The summed E-state index contributed by atoms with van der Waals surface area (Å²) in [6.45, 7) is 0. The minimum Gasteiger partial charge on any atom is -0.319 e. The molecule has 1 rings (SSSR count). The van der Waals surface area contributed by atoms with Gasteiger partial charge in [0.15, 0.2) is 0 Å². The summed E-state index contributed by atoms with van der Waals surface area (Å²) in [7, 11) is 0. The van der Waals surface area contributed by atoms with Crippen molar-refractivity contribution in [3.05, 3.63) is 29.0 Å². The lowest BCUT2D eigenvalue weighted by atomic mass is 10.0.